The highest BCUT2D eigenvalue weighted by molar-refractivity contribution is 6.18. The summed E-state index contributed by atoms with van der Waals surface area (Å²) in [6.45, 7) is 2.82. The van der Waals surface area contributed by atoms with Crippen LogP contribution in [0.5, 0.6) is 5.75 Å². The van der Waals surface area contributed by atoms with Crippen molar-refractivity contribution < 1.29 is 9.53 Å². The van der Waals surface area contributed by atoms with Crippen LogP contribution in [-0.4, -0.2) is 11.7 Å². The van der Waals surface area contributed by atoms with E-state index in [2.05, 4.69) is 37.3 Å². The number of halogens is 1. The van der Waals surface area contributed by atoms with E-state index in [0.29, 0.717) is 41.9 Å². The quantitative estimate of drug-likeness (QED) is 0.566. The fourth-order valence-corrected chi connectivity index (χ4v) is 6.91. The molecule has 2 saturated carbocycles. The second kappa shape index (κ2) is 7.47. The lowest BCUT2D eigenvalue weighted by Gasteiger charge is -2.52. The van der Waals surface area contributed by atoms with E-state index in [1.165, 1.54) is 23.1 Å². The fourth-order valence-electron chi connectivity index (χ4n) is 6.61. The maximum absolute atomic E-state index is 12.7. The largest absolute Gasteiger partial charge is 0.489 e. The summed E-state index contributed by atoms with van der Waals surface area (Å²) in [5.74, 6) is 4.07. The van der Waals surface area contributed by atoms with Gasteiger partial charge in [0, 0.05) is 17.7 Å². The van der Waals surface area contributed by atoms with Gasteiger partial charge in [-0.15, -0.1) is 11.6 Å². The number of ether oxygens (including phenoxy) is 1. The van der Waals surface area contributed by atoms with E-state index in [1.54, 1.807) is 0 Å². The number of rotatable bonds is 4. The molecule has 5 atom stereocenters. The zero-order chi connectivity index (χ0) is 20.0. The van der Waals surface area contributed by atoms with Crippen molar-refractivity contribution in [1.82, 2.24) is 0 Å². The minimum absolute atomic E-state index is 0.142. The Morgan fingerprint density at radius 2 is 1.93 bits per heavy atom. The first-order valence-corrected chi connectivity index (χ1v) is 11.5. The standard InChI is InChI=1S/C26H29ClO2/c1-26-14-19(15-27)25-21-10-8-20(29-16-17-5-3-2-4-6-17)13-18(21)7-9-22(25)23(26)11-12-24(26)28/h2-6,8,10,13,19,22-23,25H,7,9,11-12,14-16H2,1H3/t19?,22-,23-,25+,26-/m0/s1. The zero-order valence-corrected chi connectivity index (χ0v) is 17.8. The second-order valence-corrected chi connectivity index (χ2v) is 9.78. The Balaban J connectivity index is 1.41. The Bertz CT molecular complexity index is 908. The van der Waals surface area contributed by atoms with Crippen molar-refractivity contribution in [2.45, 2.75) is 51.6 Å². The van der Waals surface area contributed by atoms with Crippen molar-refractivity contribution in [1.29, 1.82) is 0 Å². The van der Waals surface area contributed by atoms with Crippen LogP contribution in [0.4, 0.5) is 0 Å². The van der Waals surface area contributed by atoms with Gasteiger partial charge < -0.3 is 4.74 Å². The van der Waals surface area contributed by atoms with Gasteiger partial charge in [-0.25, -0.2) is 0 Å². The van der Waals surface area contributed by atoms with Crippen molar-refractivity contribution in [2.75, 3.05) is 5.88 Å². The van der Waals surface area contributed by atoms with Gasteiger partial charge in [-0.1, -0.05) is 43.3 Å². The highest BCUT2D eigenvalue weighted by atomic mass is 35.5. The van der Waals surface area contributed by atoms with E-state index in [0.717, 1.165) is 31.4 Å². The number of benzene rings is 2. The van der Waals surface area contributed by atoms with E-state index in [1.807, 2.05) is 18.2 Å². The van der Waals surface area contributed by atoms with Crippen molar-refractivity contribution >= 4 is 17.4 Å². The molecular weight excluding hydrogens is 380 g/mol. The maximum atomic E-state index is 12.7. The highest BCUT2D eigenvalue weighted by Crippen LogP contribution is 2.61. The molecule has 3 aliphatic rings. The maximum Gasteiger partial charge on any atom is 0.139 e. The van der Waals surface area contributed by atoms with Crippen LogP contribution in [0.15, 0.2) is 48.5 Å². The third-order valence-corrected chi connectivity index (χ3v) is 8.37. The molecule has 1 unspecified atom stereocenters. The summed E-state index contributed by atoms with van der Waals surface area (Å²) >= 11 is 6.48. The normalized spacial score (nSPS) is 33.0. The minimum Gasteiger partial charge on any atom is -0.489 e. The molecule has 0 heterocycles. The summed E-state index contributed by atoms with van der Waals surface area (Å²) in [5.41, 5.74) is 3.92. The van der Waals surface area contributed by atoms with Gasteiger partial charge in [0.1, 0.15) is 18.1 Å². The molecule has 0 radical (unpaired) electrons. The second-order valence-electron chi connectivity index (χ2n) is 9.47. The Morgan fingerprint density at radius 1 is 1.10 bits per heavy atom. The number of fused-ring (bicyclic) bond motifs is 5. The van der Waals surface area contributed by atoms with Gasteiger partial charge in [0.15, 0.2) is 0 Å². The zero-order valence-electron chi connectivity index (χ0n) is 17.1. The summed E-state index contributed by atoms with van der Waals surface area (Å²) in [5, 5.41) is 0. The summed E-state index contributed by atoms with van der Waals surface area (Å²) in [6, 6.07) is 17.0. The van der Waals surface area contributed by atoms with Crippen molar-refractivity contribution in [2.24, 2.45) is 23.2 Å². The molecule has 152 valence electrons. The van der Waals surface area contributed by atoms with E-state index in [4.69, 9.17) is 16.3 Å². The lowest BCUT2D eigenvalue weighted by molar-refractivity contribution is -0.130. The molecule has 0 amide bonds. The average molecular weight is 409 g/mol. The molecular formula is C26H29ClO2. The lowest BCUT2D eigenvalue weighted by Crippen LogP contribution is -2.47. The van der Waals surface area contributed by atoms with Crippen LogP contribution in [0.25, 0.3) is 0 Å². The summed E-state index contributed by atoms with van der Waals surface area (Å²) in [4.78, 5) is 12.7. The van der Waals surface area contributed by atoms with Crippen LogP contribution in [0.3, 0.4) is 0 Å². The molecule has 5 rings (SSSR count). The third-order valence-electron chi connectivity index (χ3n) is 7.98. The van der Waals surface area contributed by atoms with Crippen molar-refractivity contribution in [3.05, 3.63) is 65.2 Å². The van der Waals surface area contributed by atoms with Gasteiger partial charge in [0.2, 0.25) is 0 Å². The number of hydrogen-bond donors (Lipinski definition) is 0. The van der Waals surface area contributed by atoms with Gasteiger partial charge in [0.05, 0.1) is 0 Å². The van der Waals surface area contributed by atoms with Crippen LogP contribution >= 0.6 is 11.6 Å². The molecule has 0 spiro atoms. The first-order valence-electron chi connectivity index (χ1n) is 11.0. The van der Waals surface area contributed by atoms with Crippen molar-refractivity contribution in [3.63, 3.8) is 0 Å². The molecule has 0 saturated heterocycles. The van der Waals surface area contributed by atoms with Crippen LogP contribution in [0, 0.1) is 23.2 Å². The van der Waals surface area contributed by atoms with Gasteiger partial charge >= 0.3 is 0 Å². The number of carbonyl (C=O) groups excluding carboxylic acids is 1. The number of aryl methyl sites for hydroxylation is 1. The molecule has 2 nitrogen and oxygen atoms in total. The van der Waals surface area contributed by atoms with Gasteiger partial charge in [-0.2, -0.15) is 0 Å². The molecule has 0 N–H and O–H groups in total. The summed E-state index contributed by atoms with van der Waals surface area (Å²) in [7, 11) is 0. The van der Waals surface area contributed by atoms with E-state index >= 15 is 0 Å². The predicted octanol–water partition coefficient (Wildman–Crippen LogP) is 6.16. The molecule has 0 aliphatic heterocycles. The number of ketones is 1. The van der Waals surface area contributed by atoms with Crippen LogP contribution in [-0.2, 0) is 17.8 Å². The SMILES string of the molecule is C[C@]12CC(CCl)[C@@H]3c4ccc(OCc5ccccc5)cc4CC[C@H]3[C@@H]1CCC2=O. The molecule has 3 aliphatic carbocycles. The van der Waals surface area contributed by atoms with E-state index < -0.39 is 0 Å². The van der Waals surface area contributed by atoms with Gasteiger partial charge in [-0.3, -0.25) is 4.79 Å². The first kappa shape index (κ1) is 19.2. The number of hydrogen-bond acceptors (Lipinski definition) is 2. The molecule has 0 bridgehead atoms. The monoisotopic (exact) mass is 408 g/mol. The Morgan fingerprint density at radius 3 is 2.72 bits per heavy atom. The fraction of sp³-hybridized carbons (Fsp3) is 0.500. The van der Waals surface area contributed by atoms with Gasteiger partial charge in [0.25, 0.3) is 0 Å². The molecule has 29 heavy (non-hydrogen) atoms. The highest BCUT2D eigenvalue weighted by Gasteiger charge is 2.57. The first-order chi connectivity index (χ1) is 14.1. The molecule has 2 aromatic rings. The molecule has 3 heteroatoms. The number of carbonyl (C=O) groups is 1. The average Bonchev–Trinajstić information content (AvgIpc) is 3.06. The van der Waals surface area contributed by atoms with Crippen molar-refractivity contribution in [3.8, 4) is 5.75 Å². The smallest absolute Gasteiger partial charge is 0.139 e. The Hall–Kier alpha value is -1.80. The van der Waals surface area contributed by atoms with Crippen LogP contribution < -0.4 is 4.74 Å². The Labute approximate surface area is 178 Å². The molecule has 2 aromatic carbocycles. The Kier molecular flexibility index (Phi) is 4.94. The van der Waals surface area contributed by atoms with Gasteiger partial charge in [-0.05, 0) is 78.2 Å². The molecule has 0 aromatic heterocycles. The third kappa shape index (κ3) is 3.20. The summed E-state index contributed by atoms with van der Waals surface area (Å²) in [6.07, 6.45) is 5.03. The topological polar surface area (TPSA) is 26.3 Å². The minimum atomic E-state index is -0.142. The number of alkyl halides is 1. The van der Waals surface area contributed by atoms with E-state index in [9.17, 15) is 4.79 Å². The molecule has 2 fully saturated rings. The lowest BCUT2D eigenvalue weighted by atomic mass is 9.52. The van der Waals surface area contributed by atoms with Crippen LogP contribution in [0.2, 0.25) is 0 Å². The van der Waals surface area contributed by atoms with Crippen LogP contribution in [0.1, 0.15) is 55.2 Å². The predicted molar refractivity (Wildman–Crippen MR) is 116 cm³/mol. The van der Waals surface area contributed by atoms with E-state index in [-0.39, 0.29) is 5.41 Å². The summed E-state index contributed by atoms with van der Waals surface area (Å²) < 4.78 is 6.08. The number of Topliss-reactive ketones (excluding diaryl/α,β-unsaturated/α-hetero) is 1.